The Morgan fingerprint density at radius 3 is 2.59 bits per heavy atom. The zero-order chi connectivity index (χ0) is 19.4. The third-order valence-corrected chi connectivity index (χ3v) is 5.63. The molecule has 27 heavy (non-hydrogen) atoms. The van der Waals surface area contributed by atoms with Crippen molar-refractivity contribution in [1.82, 2.24) is 19.7 Å². The third-order valence-electron chi connectivity index (χ3n) is 4.23. The highest BCUT2D eigenvalue weighted by Gasteiger charge is 2.19. The van der Waals surface area contributed by atoms with Crippen LogP contribution in [0.2, 0.25) is 10.0 Å². The van der Waals surface area contributed by atoms with Crippen LogP contribution in [0.3, 0.4) is 0 Å². The fourth-order valence-corrected chi connectivity index (χ4v) is 3.80. The third kappa shape index (κ3) is 4.83. The van der Waals surface area contributed by atoms with Crippen LogP contribution in [-0.2, 0) is 4.79 Å². The summed E-state index contributed by atoms with van der Waals surface area (Å²) in [6, 6.07) is 14.9. The van der Waals surface area contributed by atoms with Crippen molar-refractivity contribution >= 4 is 40.9 Å². The smallest absolute Gasteiger partial charge is 0.233 e. The molecule has 5 nitrogen and oxygen atoms in total. The highest BCUT2D eigenvalue weighted by Crippen LogP contribution is 2.25. The molecule has 0 aliphatic heterocycles. The summed E-state index contributed by atoms with van der Waals surface area (Å²) in [7, 11) is 1.79. The highest BCUT2D eigenvalue weighted by atomic mass is 35.5. The Balaban J connectivity index is 1.67. The van der Waals surface area contributed by atoms with Gasteiger partial charge < -0.3 is 4.90 Å². The van der Waals surface area contributed by atoms with Gasteiger partial charge in [0.1, 0.15) is 6.33 Å². The number of nitrogens with zero attached hydrogens (tertiary/aromatic N) is 4. The first-order chi connectivity index (χ1) is 13.0. The molecule has 0 N–H and O–H groups in total. The zero-order valence-corrected chi connectivity index (χ0v) is 17.2. The first-order valence-electron chi connectivity index (χ1n) is 8.25. The zero-order valence-electron chi connectivity index (χ0n) is 14.8. The number of carbonyl (C=O) groups is 1. The summed E-state index contributed by atoms with van der Waals surface area (Å²) in [6.07, 6.45) is 1.61. The lowest BCUT2D eigenvalue weighted by atomic mass is 10.1. The van der Waals surface area contributed by atoms with Crippen molar-refractivity contribution in [3.05, 3.63) is 70.5 Å². The number of thioether (sulfide) groups is 1. The molecule has 0 saturated carbocycles. The van der Waals surface area contributed by atoms with Crippen molar-refractivity contribution < 1.29 is 4.79 Å². The van der Waals surface area contributed by atoms with Crippen molar-refractivity contribution in [2.45, 2.75) is 18.1 Å². The molecule has 8 heteroatoms. The highest BCUT2D eigenvalue weighted by molar-refractivity contribution is 7.99. The standard InChI is InChI=1S/C19H18Cl2N4OS/c1-13(14-5-3-6-15(20)9-14)24(2)18(26)11-27-19-23-22-12-25(19)17-8-4-7-16(21)10-17/h3-10,12-13H,11H2,1-2H3. The number of rotatable bonds is 6. The van der Waals surface area contributed by atoms with Gasteiger partial charge in [0.25, 0.3) is 0 Å². The molecule has 1 amide bonds. The maximum Gasteiger partial charge on any atom is 0.233 e. The molecular weight excluding hydrogens is 403 g/mol. The van der Waals surface area contributed by atoms with Crippen molar-refractivity contribution in [1.29, 1.82) is 0 Å². The van der Waals surface area contributed by atoms with Crippen molar-refractivity contribution in [2.24, 2.45) is 0 Å². The average Bonchev–Trinajstić information content (AvgIpc) is 3.13. The van der Waals surface area contributed by atoms with E-state index in [0.29, 0.717) is 15.2 Å². The van der Waals surface area contributed by atoms with Gasteiger partial charge in [-0.25, -0.2) is 0 Å². The summed E-state index contributed by atoms with van der Waals surface area (Å²) in [5, 5.41) is 9.98. The van der Waals surface area contributed by atoms with Crippen LogP contribution in [0, 0.1) is 0 Å². The van der Waals surface area contributed by atoms with Crippen LogP contribution in [-0.4, -0.2) is 38.4 Å². The minimum atomic E-state index is -0.0809. The topological polar surface area (TPSA) is 51.0 Å². The second-order valence-electron chi connectivity index (χ2n) is 5.99. The SMILES string of the molecule is CC(c1cccc(Cl)c1)N(C)C(=O)CSc1nncn1-c1cccc(Cl)c1. The predicted molar refractivity (Wildman–Crippen MR) is 110 cm³/mol. The molecule has 0 aliphatic carbocycles. The monoisotopic (exact) mass is 420 g/mol. The second kappa shape index (κ2) is 8.78. The molecule has 2 aromatic carbocycles. The van der Waals surface area contributed by atoms with Gasteiger partial charge in [-0.1, -0.05) is 53.2 Å². The van der Waals surface area contributed by atoms with Crippen LogP contribution in [0.1, 0.15) is 18.5 Å². The van der Waals surface area contributed by atoms with E-state index in [1.165, 1.54) is 11.8 Å². The summed E-state index contributed by atoms with van der Waals surface area (Å²) in [4.78, 5) is 14.3. The molecule has 0 aliphatic rings. The van der Waals surface area contributed by atoms with Crippen molar-refractivity contribution in [2.75, 3.05) is 12.8 Å². The molecule has 1 atom stereocenters. The maximum absolute atomic E-state index is 12.6. The lowest BCUT2D eigenvalue weighted by molar-refractivity contribution is -0.128. The fourth-order valence-electron chi connectivity index (χ4n) is 2.56. The van der Waals surface area contributed by atoms with Gasteiger partial charge in [0, 0.05) is 17.1 Å². The Morgan fingerprint density at radius 1 is 1.19 bits per heavy atom. The van der Waals surface area contributed by atoms with Gasteiger partial charge in [0.05, 0.1) is 17.5 Å². The molecule has 0 saturated heterocycles. The Hall–Kier alpha value is -2.02. The van der Waals surface area contributed by atoms with Crippen LogP contribution in [0.5, 0.6) is 0 Å². The van der Waals surface area contributed by atoms with Crippen molar-refractivity contribution in [3.8, 4) is 5.69 Å². The van der Waals surface area contributed by atoms with E-state index in [-0.39, 0.29) is 17.7 Å². The maximum atomic E-state index is 12.6. The number of benzene rings is 2. The molecular formula is C19H18Cl2N4OS. The molecule has 0 spiro atoms. The number of halogens is 2. The summed E-state index contributed by atoms with van der Waals surface area (Å²) < 4.78 is 1.81. The van der Waals surface area contributed by atoms with Gasteiger partial charge in [-0.2, -0.15) is 0 Å². The lowest BCUT2D eigenvalue weighted by Crippen LogP contribution is -2.31. The van der Waals surface area contributed by atoms with Gasteiger partial charge in [-0.05, 0) is 42.8 Å². The summed E-state index contributed by atoms with van der Waals surface area (Å²) >= 11 is 13.4. The predicted octanol–water partition coefficient (Wildman–Crippen LogP) is 4.89. The van der Waals surface area contributed by atoms with Crippen molar-refractivity contribution in [3.63, 3.8) is 0 Å². The van der Waals surface area contributed by atoms with Crippen LogP contribution in [0.15, 0.2) is 60.0 Å². The largest absolute Gasteiger partial charge is 0.338 e. The first-order valence-corrected chi connectivity index (χ1v) is 9.99. The number of hydrogen-bond donors (Lipinski definition) is 0. The average molecular weight is 421 g/mol. The fraction of sp³-hybridized carbons (Fsp3) is 0.211. The van der Waals surface area contributed by atoms with Gasteiger partial charge >= 0.3 is 0 Å². The number of aromatic nitrogens is 3. The van der Waals surface area contributed by atoms with E-state index in [1.807, 2.05) is 54.0 Å². The Labute approximate surface area is 172 Å². The lowest BCUT2D eigenvalue weighted by Gasteiger charge is -2.25. The van der Waals surface area contributed by atoms with E-state index in [9.17, 15) is 4.79 Å². The molecule has 1 heterocycles. The molecule has 0 bridgehead atoms. The molecule has 0 radical (unpaired) electrons. The Morgan fingerprint density at radius 2 is 1.89 bits per heavy atom. The van der Waals surface area contributed by atoms with Gasteiger partial charge in [0.15, 0.2) is 5.16 Å². The quantitative estimate of drug-likeness (QED) is 0.532. The van der Waals surface area contributed by atoms with Gasteiger partial charge in [0.2, 0.25) is 5.91 Å². The van der Waals surface area contributed by atoms with Crippen LogP contribution in [0.25, 0.3) is 5.69 Å². The molecule has 3 rings (SSSR count). The summed E-state index contributed by atoms with van der Waals surface area (Å²) in [6.45, 7) is 1.97. The van der Waals surface area contributed by atoms with E-state index < -0.39 is 0 Å². The minimum absolute atomic E-state index is 0.00637. The number of amides is 1. The molecule has 1 aromatic heterocycles. The molecule has 0 fully saturated rings. The Bertz CT molecular complexity index is 947. The van der Waals surface area contributed by atoms with E-state index in [2.05, 4.69) is 10.2 Å². The van der Waals surface area contributed by atoms with Gasteiger partial charge in [-0.15, -0.1) is 10.2 Å². The van der Waals surface area contributed by atoms with E-state index >= 15 is 0 Å². The van der Waals surface area contributed by atoms with Crippen LogP contribution in [0.4, 0.5) is 0 Å². The molecule has 3 aromatic rings. The van der Waals surface area contributed by atoms with E-state index in [1.54, 1.807) is 24.3 Å². The van der Waals surface area contributed by atoms with E-state index in [0.717, 1.165) is 11.3 Å². The number of carbonyl (C=O) groups excluding carboxylic acids is 1. The molecule has 140 valence electrons. The second-order valence-corrected chi connectivity index (χ2v) is 7.80. The van der Waals surface area contributed by atoms with Crippen LogP contribution < -0.4 is 0 Å². The summed E-state index contributed by atoms with van der Waals surface area (Å²) in [5.41, 5.74) is 1.84. The Kier molecular flexibility index (Phi) is 6.42. The van der Waals surface area contributed by atoms with Gasteiger partial charge in [-0.3, -0.25) is 9.36 Å². The first kappa shape index (κ1) is 19.7. The molecule has 1 unspecified atom stereocenters. The number of hydrogen-bond acceptors (Lipinski definition) is 4. The van der Waals surface area contributed by atoms with E-state index in [4.69, 9.17) is 23.2 Å². The van der Waals surface area contributed by atoms with Crippen LogP contribution >= 0.6 is 35.0 Å². The minimum Gasteiger partial charge on any atom is -0.338 e. The normalized spacial score (nSPS) is 12.0. The summed E-state index contributed by atoms with van der Waals surface area (Å²) in [5.74, 6) is 0.244.